The van der Waals surface area contributed by atoms with Crippen molar-refractivity contribution >= 4 is 6.08 Å². The van der Waals surface area contributed by atoms with Crippen LogP contribution in [0.3, 0.4) is 0 Å². The van der Waals surface area contributed by atoms with Crippen molar-refractivity contribution in [3.05, 3.63) is 59.2 Å². The molecule has 0 amide bonds. The number of hydrogen-bond acceptors (Lipinski definition) is 2. The Morgan fingerprint density at radius 1 is 1.20 bits per heavy atom. The van der Waals surface area contributed by atoms with E-state index in [4.69, 9.17) is 4.74 Å². The van der Waals surface area contributed by atoms with Crippen molar-refractivity contribution in [2.24, 2.45) is 0 Å². The van der Waals surface area contributed by atoms with E-state index in [0.29, 0.717) is 5.75 Å². The second-order valence-electron chi connectivity index (χ2n) is 4.81. The summed E-state index contributed by atoms with van der Waals surface area (Å²) in [4.78, 5) is 0. The lowest BCUT2D eigenvalue weighted by Crippen LogP contribution is -2.09. The smallest absolute Gasteiger partial charge is 0.272 e. The summed E-state index contributed by atoms with van der Waals surface area (Å²) in [5, 5.41) is 9.98. The van der Waals surface area contributed by atoms with Gasteiger partial charge in [-0.15, -0.1) is 0 Å². The Morgan fingerprint density at radius 3 is 2.65 bits per heavy atom. The largest absolute Gasteiger partial charge is 0.584 e. The minimum absolute atomic E-state index is 0.129. The molecule has 0 bridgehead atoms. The second-order valence-corrected chi connectivity index (χ2v) is 4.81. The van der Waals surface area contributed by atoms with Crippen molar-refractivity contribution in [3.63, 3.8) is 0 Å². The molecule has 2 aromatic rings. The fourth-order valence-electron chi connectivity index (χ4n) is 2.48. The van der Waals surface area contributed by atoms with Crippen LogP contribution in [0.1, 0.15) is 22.8 Å². The van der Waals surface area contributed by atoms with Gasteiger partial charge in [0.05, 0.1) is 5.56 Å². The van der Waals surface area contributed by atoms with Gasteiger partial charge < -0.3 is 14.6 Å². The first-order valence-corrected chi connectivity index (χ1v) is 6.57. The number of fused-ring (bicyclic) bond motifs is 1. The van der Waals surface area contributed by atoms with E-state index in [-0.39, 0.29) is 11.9 Å². The Morgan fingerprint density at radius 2 is 1.95 bits per heavy atom. The molecule has 1 atom stereocenters. The third-order valence-corrected chi connectivity index (χ3v) is 3.57. The van der Waals surface area contributed by atoms with Crippen LogP contribution < -0.4 is 4.74 Å². The molecule has 3 nitrogen and oxygen atoms in total. The molecule has 0 fully saturated rings. The monoisotopic (exact) mass is 269 g/mol. The molecule has 1 aliphatic rings. The summed E-state index contributed by atoms with van der Waals surface area (Å²) >= 11 is 0. The lowest BCUT2D eigenvalue weighted by atomic mass is 10.0. The molecule has 102 valence electrons. The maximum absolute atomic E-state index is 9.98. The van der Waals surface area contributed by atoms with Crippen LogP contribution in [-0.4, -0.2) is 17.0 Å². The van der Waals surface area contributed by atoms with E-state index in [9.17, 15) is 5.11 Å². The first-order valence-electron chi connectivity index (χ1n) is 6.57. The summed E-state index contributed by atoms with van der Waals surface area (Å²) in [5.41, 5.74) is 2.79. The van der Waals surface area contributed by atoms with Gasteiger partial charge in [0.2, 0.25) is 0 Å². The normalized spacial score (nSPS) is 16.4. The number of aliphatic hydroxyl groups is 1. The van der Waals surface area contributed by atoms with Crippen molar-refractivity contribution in [2.75, 3.05) is 7.11 Å². The third-order valence-electron chi connectivity index (χ3n) is 3.57. The lowest BCUT2D eigenvalue weighted by Gasteiger charge is -2.23. The molecule has 1 unspecified atom stereocenters. The highest BCUT2D eigenvalue weighted by atomic mass is 16.5. The van der Waals surface area contributed by atoms with Gasteiger partial charge in [-0.05, 0) is 24.6 Å². The fraction of sp³-hybridized carbons (Fsp3) is 0.176. The molecule has 3 heteroatoms. The molecule has 0 saturated carbocycles. The molecule has 2 N–H and O–H groups in total. The highest BCUT2D eigenvalue weighted by Crippen LogP contribution is 2.43. The van der Waals surface area contributed by atoms with Gasteiger partial charge in [0.25, 0.3) is 5.75 Å². The number of benzene rings is 2. The van der Waals surface area contributed by atoms with E-state index < -0.39 is 0 Å². The SMILES string of the molecule is C[OH+]c1c(C)c(O)cc2c1C=CC(c1ccccc1)O2. The van der Waals surface area contributed by atoms with Gasteiger partial charge in [-0.1, -0.05) is 30.3 Å². The Labute approximate surface area is 118 Å². The predicted octanol–water partition coefficient (Wildman–Crippen LogP) is 3.72. The zero-order chi connectivity index (χ0) is 14.1. The lowest BCUT2D eigenvalue weighted by molar-refractivity contribution is 0.131. The maximum atomic E-state index is 9.98. The Kier molecular flexibility index (Phi) is 3.11. The number of aromatic hydroxyl groups is 2. The molecule has 1 aliphatic heterocycles. The van der Waals surface area contributed by atoms with Crippen LogP contribution in [0, 0.1) is 6.92 Å². The topological polar surface area (TPSA) is 42.3 Å². The summed E-state index contributed by atoms with van der Waals surface area (Å²) in [6.45, 7) is 1.86. The minimum atomic E-state index is -0.129. The molecule has 0 spiro atoms. The predicted molar refractivity (Wildman–Crippen MR) is 79.3 cm³/mol. The van der Waals surface area contributed by atoms with E-state index in [2.05, 4.69) is 4.74 Å². The highest BCUT2D eigenvalue weighted by Gasteiger charge is 2.24. The van der Waals surface area contributed by atoms with Crippen LogP contribution in [0.25, 0.3) is 6.08 Å². The molecule has 0 aromatic heterocycles. The molecule has 1 heterocycles. The van der Waals surface area contributed by atoms with Crippen molar-refractivity contribution in [1.82, 2.24) is 0 Å². The standard InChI is InChI=1S/C17H16O3/c1-11-14(18)10-16-13(17(11)19-2)8-9-15(20-16)12-6-4-3-5-7-12/h3-10,15,18H,1-2H3/p+1. The zero-order valence-electron chi connectivity index (χ0n) is 11.5. The number of hydrogen-bond donors (Lipinski definition) is 1. The van der Waals surface area contributed by atoms with Crippen molar-refractivity contribution in [2.45, 2.75) is 13.0 Å². The van der Waals surface area contributed by atoms with Crippen LogP contribution in [0.4, 0.5) is 0 Å². The first-order chi connectivity index (χ1) is 9.70. The fourth-order valence-corrected chi connectivity index (χ4v) is 2.48. The molecule has 3 rings (SSSR count). The van der Waals surface area contributed by atoms with E-state index >= 15 is 0 Å². The summed E-state index contributed by atoms with van der Waals surface area (Å²) in [6, 6.07) is 11.7. The van der Waals surface area contributed by atoms with Crippen LogP contribution in [0.2, 0.25) is 0 Å². The Balaban J connectivity index is 2.04. The molecule has 0 aliphatic carbocycles. The van der Waals surface area contributed by atoms with E-state index in [1.807, 2.05) is 49.4 Å². The van der Waals surface area contributed by atoms with Gasteiger partial charge >= 0.3 is 0 Å². The Bertz CT molecular complexity index is 660. The van der Waals surface area contributed by atoms with Gasteiger partial charge in [0.1, 0.15) is 23.2 Å². The van der Waals surface area contributed by atoms with Gasteiger partial charge in [0.15, 0.2) is 7.11 Å². The van der Waals surface area contributed by atoms with E-state index in [1.165, 1.54) is 0 Å². The second kappa shape index (κ2) is 4.93. The average Bonchev–Trinajstić information content (AvgIpc) is 2.49. The van der Waals surface area contributed by atoms with Crippen LogP contribution in [0.5, 0.6) is 17.2 Å². The first kappa shape index (κ1) is 12.6. The highest BCUT2D eigenvalue weighted by molar-refractivity contribution is 5.71. The zero-order valence-corrected chi connectivity index (χ0v) is 11.5. The van der Waals surface area contributed by atoms with Crippen LogP contribution >= 0.6 is 0 Å². The minimum Gasteiger partial charge on any atom is -0.584 e. The summed E-state index contributed by atoms with van der Waals surface area (Å²) in [5.74, 6) is 1.67. The van der Waals surface area contributed by atoms with Crippen LogP contribution in [-0.2, 0) is 0 Å². The molecule has 20 heavy (non-hydrogen) atoms. The molecule has 2 aromatic carbocycles. The summed E-state index contributed by atoms with van der Waals surface area (Å²) in [7, 11) is 1.72. The van der Waals surface area contributed by atoms with Crippen LogP contribution in [0.15, 0.2) is 42.5 Å². The van der Waals surface area contributed by atoms with Crippen molar-refractivity contribution < 1.29 is 14.6 Å². The average molecular weight is 269 g/mol. The molecule has 0 radical (unpaired) electrons. The van der Waals surface area contributed by atoms with Gasteiger partial charge in [-0.25, -0.2) is 0 Å². The Hall–Kier alpha value is -2.42. The molecular formula is C17H17O3+. The third kappa shape index (κ3) is 2.01. The number of phenolic OH excluding ortho intramolecular Hbond substituents is 1. The number of ether oxygens (including phenoxy) is 2. The van der Waals surface area contributed by atoms with Gasteiger partial charge in [0, 0.05) is 6.07 Å². The van der Waals surface area contributed by atoms with Gasteiger partial charge in [-0.3, -0.25) is 0 Å². The number of phenols is 1. The van der Waals surface area contributed by atoms with Gasteiger partial charge in [-0.2, -0.15) is 0 Å². The summed E-state index contributed by atoms with van der Waals surface area (Å²) < 4.78 is 10.2. The van der Waals surface area contributed by atoms with E-state index in [0.717, 1.165) is 22.4 Å². The van der Waals surface area contributed by atoms with Crippen molar-refractivity contribution in [1.29, 1.82) is 0 Å². The number of rotatable bonds is 2. The summed E-state index contributed by atoms with van der Waals surface area (Å²) in [6.07, 6.45) is 3.91. The van der Waals surface area contributed by atoms with Crippen molar-refractivity contribution in [3.8, 4) is 17.2 Å². The molecular weight excluding hydrogens is 252 g/mol. The quantitative estimate of drug-likeness (QED) is 0.844. The van der Waals surface area contributed by atoms with E-state index in [1.54, 1.807) is 13.2 Å². The molecule has 0 saturated heterocycles. The maximum Gasteiger partial charge on any atom is 0.272 e.